The molecule has 1 N–H and O–H groups in total. The van der Waals surface area contributed by atoms with Crippen molar-refractivity contribution < 1.29 is 8.42 Å². The third-order valence-electron chi connectivity index (χ3n) is 3.34. The molecule has 5 heteroatoms. The van der Waals surface area contributed by atoms with Gasteiger partial charge in [-0.25, -0.2) is 13.1 Å². The van der Waals surface area contributed by atoms with Crippen LogP contribution in [0.5, 0.6) is 0 Å². The van der Waals surface area contributed by atoms with Crippen LogP contribution in [-0.4, -0.2) is 8.42 Å². The zero-order valence-corrected chi connectivity index (χ0v) is 13.4. The van der Waals surface area contributed by atoms with Crippen LogP contribution >= 0.6 is 11.3 Å². The van der Waals surface area contributed by atoms with E-state index in [0.717, 1.165) is 16.0 Å². The first-order valence-electron chi connectivity index (χ1n) is 6.83. The molecule has 1 aromatic heterocycles. The Labute approximate surface area is 135 Å². The van der Waals surface area contributed by atoms with Crippen LogP contribution < -0.4 is 4.72 Å². The van der Waals surface area contributed by atoms with Gasteiger partial charge in [0.25, 0.3) is 0 Å². The molecule has 2 aromatic carbocycles. The Morgan fingerprint density at radius 1 is 0.864 bits per heavy atom. The monoisotopic (exact) mass is 329 g/mol. The maximum absolute atomic E-state index is 10.6. The highest BCUT2D eigenvalue weighted by Crippen LogP contribution is 2.29. The van der Waals surface area contributed by atoms with Crippen LogP contribution in [0.25, 0.3) is 21.6 Å². The number of thiol groups is 1. The average molecular weight is 329 g/mol. The molecule has 0 fully saturated rings. The molecule has 0 spiro atoms. The molecular formula is C17H15NO2S2. The maximum atomic E-state index is 10.6. The van der Waals surface area contributed by atoms with Crippen molar-refractivity contribution in [3.8, 4) is 21.6 Å². The van der Waals surface area contributed by atoms with Gasteiger partial charge in [-0.05, 0) is 33.7 Å². The summed E-state index contributed by atoms with van der Waals surface area (Å²) in [6, 6.07) is 20.7. The van der Waals surface area contributed by atoms with Gasteiger partial charge >= 0.3 is 0 Å². The van der Waals surface area contributed by atoms with Gasteiger partial charge in [-0.15, -0.1) is 11.3 Å². The molecule has 22 heavy (non-hydrogen) atoms. The van der Waals surface area contributed by atoms with Crippen LogP contribution in [-0.2, 0) is 17.4 Å². The molecule has 0 aliphatic carbocycles. The van der Waals surface area contributed by atoms with Gasteiger partial charge in [-0.3, -0.25) is 0 Å². The second-order valence-corrected chi connectivity index (χ2v) is 6.60. The number of thiophene rings is 1. The molecule has 3 rings (SSSR count). The lowest BCUT2D eigenvalue weighted by Gasteiger charge is -2.03. The lowest BCUT2D eigenvalue weighted by Crippen LogP contribution is -2.09. The van der Waals surface area contributed by atoms with Crippen LogP contribution in [0, 0.1) is 0 Å². The molecule has 112 valence electrons. The summed E-state index contributed by atoms with van der Waals surface area (Å²) in [5, 5.41) is 1.98. The quantitative estimate of drug-likeness (QED) is 0.701. The van der Waals surface area contributed by atoms with E-state index in [9.17, 15) is 8.42 Å². The normalized spacial score (nSPS) is 11.0. The third-order valence-corrected chi connectivity index (χ3v) is 4.79. The van der Waals surface area contributed by atoms with Crippen LogP contribution in [0.15, 0.2) is 66.0 Å². The second-order valence-electron chi connectivity index (χ2n) is 4.85. The maximum Gasteiger partial charge on any atom is 0.201 e. The van der Waals surface area contributed by atoms with Gasteiger partial charge in [-0.1, -0.05) is 54.6 Å². The molecule has 0 radical (unpaired) electrons. The Bertz CT molecular complexity index is 813. The van der Waals surface area contributed by atoms with E-state index in [1.54, 1.807) is 11.3 Å². The van der Waals surface area contributed by atoms with E-state index in [-0.39, 0.29) is 0 Å². The second kappa shape index (κ2) is 6.87. The molecule has 0 bridgehead atoms. The summed E-state index contributed by atoms with van der Waals surface area (Å²) >= 11 is 1.62. The summed E-state index contributed by atoms with van der Waals surface area (Å²) in [4.78, 5) is 1.14. The fourth-order valence-corrected chi connectivity index (χ4v) is 3.47. The Balaban J connectivity index is 1.78. The summed E-state index contributed by atoms with van der Waals surface area (Å²) in [6.45, 7) is 0.345. The zero-order chi connectivity index (χ0) is 15.4. The van der Waals surface area contributed by atoms with E-state index in [1.807, 2.05) is 29.6 Å². The predicted molar refractivity (Wildman–Crippen MR) is 92.3 cm³/mol. The van der Waals surface area contributed by atoms with E-state index in [4.69, 9.17) is 0 Å². The smallest absolute Gasteiger partial charge is 0.201 e. The average Bonchev–Trinajstić information content (AvgIpc) is 3.03. The Morgan fingerprint density at radius 2 is 1.50 bits per heavy atom. The highest BCUT2D eigenvalue weighted by Gasteiger charge is 2.04. The molecule has 0 aliphatic heterocycles. The lowest BCUT2D eigenvalue weighted by molar-refractivity contribution is 0.601. The summed E-state index contributed by atoms with van der Waals surface area (Å²) < 4.78 is 23.5. The molecule has 1 heterocycles. The summed E-state index contributed by atoms with van der Waals surface area (Å²) in [5.74, 6) is 0. The molecule has 0 saturated heterocycles. The summed E-state index contributed by atoms with van der Waals surface area (Å²) in [5.41, 5.74) is 4.50. The first kappa shape index (κ1) is 15.0. The minimum atomic E-state index is -2.54. The lowest BCUT2D eigenvalue weighted by atomic mass is 10.0. The fourth-order valence-electron chi connectivity index (χ4n) is 2.23. The van der Waals surface area contributed by atoms with E-state index in [1.165, 1.54) is 11.1 Å². The first-order chi connectivity index (χ1) is 10.7. The van der Waals surface area contributed by atoms with Gasteiger partial charge in [0.15, 0.2) is 0 Å². The van der Waals surface area contributed by atoms with Crippen molar-refractivity contribution in [2.24, 2.45) is 0 Å². The van der Waals surface area contributed by atoms with Crippen molar-refractivity contribution >= 4 is 22.2 Å². The molecule has 3 nitrogen and oxygen atoms in total. The number of nitrogens with one attached hydrogen (secondary N) is 1. The Hall–Kier alpha value is -1.95. The largest absolute Gasteiger partial charge is 0.216 e. The van der Waals surface area contributed by atoms with Crippen LogP contribution in [0.1, 0.15) is 5.56 Å². The number of hydrogen-bond acceptors (Lipinski definition) is 3. The van der Waals surface area contributed by atoms with Crippen LogP contribution in [0.3, 0.4) is 0 Å². The highest BCUT2D eigenvalue weighted by molar-refractivity contribution is 7.70. The summed E-state index contributed by atoms with van der Waals surface area (Å²) in [7, 11) is -2.54. The van der Waals surface area contributed by atoms with Gasteiger partial charge in [0, 0.05) is 11.4 Å². The van der Waals surface area contributed by atoms with E-state index in [0.29, 0.717) is 6.54 Å². The standard InChI is InChI=1S/C17H15NO2S2/c19-22(20)18-11-13-10-17(21-12-13)16-8-6-15(7-9-16)14-4-2-1-3-5-14/h1-10,12,22H,11H2,(H,18,19,20). The van der Waals surface area contributed by atoms with Crippen molar-refractivity contribution in [2.45, 2.75) is 6.54 Å². The molecule has 0 unspecified atom stereocenters. The Kier molecular flexibility index (Phi) is 4.68. The van der Waals surface area contributed by atoms with Crippen molar-refractivity contribution in [3.63, 3.8) is 0 Å². The minimum absolute atomic E-state index is 0.345. The predicted octanol–water partition coefficient (Wildman–Crippen LogP) is 3.70. The highest BCUT2D eigenvalue weighted by atomic mass is 32.2. The van der Waals surface area contributed by atoms with Gasteiger partial charge in [0.05, 0.1) is 0 Å². The van der Waals surface area contributed by atoms with Gasteiger partial charge in [-0.2, -0.15) is 0 Å². The molecule has 0 saturated carbocycles. The third kappa shape index (κ3) is 3.62. The van der Waals surface area contributed by atoms with Gasteiger partial charge in [0.1, 0.15) is 0 Å². The summed E-state index contributed by atoms with van der Waals surface area (Å²) in [6.07, 6.45) is 0. The fraction of sp³-hybridized carbons (Fsp3) is 0.0588. The topological polar surface area (TPSA) is 46.2 Å². The van der Waals surface area contributed by atoms with E-state index < -0.39 is 10.9 Å². The molecule has 3 aromatic rings. The van der Waals surface area contributed by atoms with Crippen molar-refractivity contribution in [2.75, 3.05) is 0 Å². The number of benzene rings is 2. The minimum Gasteiger partial charge on any atom is -0.216 e. The molecule has 0 atom stereocenters. The van der Waals surface area contributed by atoms with Gasteiger partial charge in [0.2, 0.25) is 10.9 Å². The van der Waals surface area contributed by atoms with Crippen molar-refractivity contribution in [1.82, 2.24) is 4.72 Å². The van der Waals surface area contributed by atoms with E-state index in [2.05, 4.69) is 41.1 Å². The van der Waals surface area contributed by atoms with Crippen LogP contribution in [0.2, 0.25) is 0 Å². The zero-order valence-electron chi connectivity index (χ0n) is 11.7. The van der Waals surface area contributed by atoms with Gasteiger partial charge < -0.3 is 0 Å². The molecule has 0 aliphatic rings. The molecule has 0 amide bonds. The Morgan fingerprint density at radius 3 is 2.18 bits per heavy atom. The van der Waals surface area contributed by atoms with Crippen molar-refractivity contribution in [1.29, 1.82) is 0 Å². The first-order valence-corrected chi connectivity index (χ1v) is 8.89. The van der Waals surface area contributed by atoms with Crippen molar-refractivity contribution in [3.05, 3.63) is 71.6 Å². The SMILES string of the molecule is O=[SH](=O)NCc1csc(-c2ccc(-c3ccccc3)cc2)c1. The number of rotatable bonds is 5. The molecular weight excluding hydrogens is 314 g/mol. The van der Waals surface area contributed by atoms with Crippen LogP contribution in [0.4, 0.5) is 0 Å². The number of hydrogen-bond donors (Lipinski definition) is 2. The van der Waals surface area contributed by atoms with E-state index >= 15 is 0 Å².